The first-order chi connectivity index (χ1) is 13.7. The van der Waals surface area contributed by atoms with Crippen LogP contribution in [0.25, 0.3) is 11.3 Å². The Morgan fingerprint density at radius 2 is 1.72 bits per heavy atom. The molecule has 2 N–H and O–H groups in total. The molecule has 1 fully saturated rings. The van der Waals surface area contributed by atoms with Gasteiger partial charge in [-0.15, -0.1) is 11.3 Å². The van der Waals surface area contributed by atoms with Gasteiger partial charge in [-0.2, -0.15) is 0 Å². The highest BCUT2D eigenvalue weighted by molar-refractivity contribution is 7.10. The Morgan fingerprint density at radius 1 is 1.07 bits per heavy atom. The molecule has 1 amide bonds. The number of hydrogen-bond donors (Lipinski definition) is 1. The lowest BCUT2D eigenvalue weighted by atomic mass is 9.63. The standard InChI is InChI=1S/C25H34N2OS/c1-24(2)11-12-25(3,4)20-14-18(9-10-19(20)24)21-15-29-23(27-21)17-7-5-16(6-8-17)13-22(26)28/h9-10,14-17H,5-8,11-13H2,1-4H3,(H2,26,28). The number of carbonyl (C=O) groups excluding carboxylic acids is 1. The van der Waals surface area contributed by atoms with E-state index < -0.39 is 0 Å². The number of amides is 1. The van der Waals surface area contributed by atoms with E-state index in [0.717, 1.165) is 31.4 Å². The summed E-state index contributed by atoms with van der Waals surface area (Å²) in [5, 5.41) is 3.49. The number of nitrogens with two attached hydrogens (primary N) is 1. The zero-order chi connectivity index (χ0) is 20.8. The van der Waals surface area contributed by atoms with E-state index in [1.807, 2.05) is 0 Å². The van der Waals surface area contributed by atoms with Gasteiger partial charge in [0.2, 0.25) is 5.91 Å². The van der Waals surface area contributed by atoms with Gasteiger partial charge in [0, 0.05) is 23.3 Å². The smallest absolute Gasteiger partial charge is 0.217 e. The third-order valence-electron chi connectivity index (χ3n) is 7.36. The summed E-state index contributed by atoms with van der Waals surface area (Å²) in [6.45, 7) is 9.50. The van der Waals surface area contributed by atoms with Crippen LogP contribution < -0.4 is 5.73 Å². The Labute approximate surface area is 179 Å². The average Bonchev–Trinajstić information content (AvgIpc) is 3.16. The lowest BCUT2D eigenvalue weighted by molar-refractivity contribution is -0.119. The molecule has 156 valence electrons. The summed E-state index contributed by atoms with van der Waals surface area (Å²) in [7, 11) is 0. The van der Waals surface area contributed by atoms with Crippen LogP contribution in [0.3, 0.4) is 0 Å². The van der Waals surface area contributed by atoms with E-state index in [9.17, 15) is 4.79 Å². The first-order valence-corrected chi connectivity index (χ1v) is 11.9. The van der Waals surface area contributed by atoms with Crippen molar-refractivity contribution in [3.63, 3.8) is 0 Å². The molecule has 0 radical (unpaired) electrons. The van der Waals surface area contributed by atoms with Crippen LogP contribution in [0, 0.1) is 5.92 Å². The molecule has 1 aromatic carbocycles. The second-order valence-corrected chi connectivity index (χ2v) is 11.4. The Hall–Kier alpha value is -1.68. The molecule has 0 unspecified atom stereocenters. The average molecular weight is 411 g/mol. The second kappa shape index (κ2) is 7.54. The fourth-order valence-electron chi connectivity index (χ4n) is 5.25. The number of nitrogens with zero attached hydrogens (tertiary/aromatic N) is 1. The lowest BCUT2D eigenvalue weighted by Crippen LogP contribution is -2.33. The van der Waals surface area contributed by atoms with Gasteiger partial charge in [-0.05, 0) is 72.5 Å². The summed E-state index contributed by atoms with van der Waals surface area (Å²) >= 11 is 1.80. The third-order valence-corrected chi connectivity index (χ3v) is 8.36. The van der Waals surface area contributed by atoms with Crippen LogP contribution in [0.2, 0.25) is 0 Å². The number of rotatable bonds is 4. The number of thiazole rings is 1. The zero-order valence-corrected chi connectivity index (χ0v) is 19.1. The molecule has 1 aromatic heterocycles. The molecule has 2 aromatic rings. The Morgan fingerprint density at radius 3 is 2.38 bits per heavy atom. The summed E-state index contributed by atoms with van der Waals surface area (Å²) in [5.41, 5.74) is 11.2. The van der Waals surface area contributed by atoms with Gasteiger partial charge in [-0.25, -0.2) is 4.98 Å². The van der Waals surface area contributed by atoms with Gasteiger partial charge in [0.05, 0.1) is 10.7 Å². The first-order valence-electron chi connectivity index (χ1n) is 11.0. The van der Waals surface area contributed by atoms with Crippen molar-refractivity contribution >= 4 is 17.2 Å². The van der Waals surface area contributed by atoms with E-state index in [4.69, 9.17) is 10.7 Å². The summed E-state index contributed by atoms with van der Waals surface area (Å²) in [5.74, 6) is 0.837. The van der Waals surface area contributed by atoms with Crippen molar-refractivity contribution in [1.82, 2.24) is 4.98 Å². The second-order valence-electron chi connectivity index (χ2n) is 10.5. The Kier molecular flexibility index (Phi) is 5.35. The molecule has 0 bridgehead atoms. The summed E-state index contributed by atoms with van der Waals surface area (Å²) in [4.78, 5) is 16.2. The SMILES string of the molecule is CC1(C)CCC(C)(C)c2cc(-c3csc(C4CCC(CC(N)=O)CC4)n3)ccc21. The molecule has 4 rings (SSSR count). The molecular weight excluding hydrogens is 376 g/mol. The molecule has 0 spiro atoms. The van der Waals surface area contributed by atoms with Crippen LogP contribution in [0.4, 0.5) is 0 Å². The van der Waals surface area contributed by atoms with E-state index in [1.165, 1.54) is 34.5 Å². The quantitative estimate of drug-likeness (QED) is 0.642. The molecule has 3 nitrogen and oxygen atoms in total. The number of fused-ring (bicyclic) bond motifs is 1. The minimum Gasteiger partial charge on any atom is -0.370 e. The van der Waals surface area contributed by atoms with Crippen LogP contribution in [0.5, 0.6) is 0 Å². The highest BCUT2D eigenvalue weighted by Crippen LogP contribution is 2.47. The number of carbonyl (C=O) groups is 1. The van der Waals surface area contributed by atoms with Gasteiger partial charge in [0.25, 0.3) is 0 Å². The topological polar surface area (TPSA) is 56.0 Å². The highest BCUT2D eigenvalue weighted by Gasteiger charge is 2.37. The molecule has 2 aliphatic rings. The maximum Gasteiger partial charge on any atom is 0.217 e. The maximum absolute atomic E-state index is 11.2. The molecule has 1 heterocycles. The minimum absolute atomic E-state index is 0.163. The minimum atomic E-state index is -0.163. The normalized spacial score (nSPS) is 25.4. The van der Waals surface area contributed by atoms with E-state index in [1.54, 1.807) is 11.3 Å². The molecule has 2 aliphatic carbocycles. The fourth-order valence-corrected chi connectivity index (χ4v) is 6.25. The van der Waals surface area contributed by atoms with Crippen LogP contribution in [-0.4, -0.2) is 10.9 Å². The number of hydrogen-bond acceptors (Lipinski definition) is 3. The summed E-state index contributed by atoms with van der Waals surface area (Å²) in [6, 6.07) is 7.02. The van der Waals surface area contributed by atoms with E-state index >= 15 is 0 Å². The largest absolute Gasteiger partial charge is 0.370 e. The van der Waals surface area contributed by atoms with Crippen LogP contribution in [0.1, 0.15) is 94.7 Å². The lowest BCUT2D eigenvalue weighted by Gasteiger charge is -2.42. The van der Waals surface area contributed by atoms with Gasteiger partial charge in [0.1, 0.15) is 0 Å². The molecule has 0 atom stereocenters. The maximum atomic E-state index is 11.2. The van der Waals surface area contributed by atoms with Crippen molar-refractivity contribution in [3.05, 3.63) is 39.7 Å². The van der Waals surface area contributed by atoms with Gasteiger partial charge in [-0.3, -0.25) is 4.79 Å². The number of benzene rings is 1. The zero-order valence-electron chi connectivity index (χ0n) is 18.3. The van der Waals surface area contributed by atoms with E-state index in [-0.39, 0.29) is 16.7 Å². The van der Waals surface area contributed by atoms with Crippen molar-refractivity contribution < 1.29 is 4.79 Å². The van der Waals surface area contributed by atoms with Crippen molar-refractivity contribution in [2.24, 2.45) is 11.7 Å². The number of primary amides is 1. The predicted octanol–water partition coefficient (Wildman–Crippen LogP) is 6.31. The molecule has 0 saturated heterocycles. The van der Waals surface area contributed by atoms with Gasteiger partial charge >= 0.3 is 0 Å². The van der Waals surface area contributed by atoms with Crippen molar-refractivity contribution in [1.29, 1.82) is 0 Å². The number of aromatic nitrogens is 1. The van der Waals surface area contributed by atoms with Crippen molar-refractivity contribution in [2.45, 2.75) is 89.4 Å². The van der Waals surface area contributed by atoms with Crippen molar-refractivity contribution in [3.8, 4) is 11.3 Å². The van der Waals surface area contributed by atoms with Gasteiger partial charge in [0.15, 0.2) is 0 Å². The van der Waals surface area contributed by atoms with Crippen LogP contribution in [-0.2, 0) is 15.6 Å². The fraction of sp³-hybridized carbons (Fsp3) is 0.600. The predicted molar refractivity (Wildman–Crippen MR) is 121 cm³/mol. The Balaban J connectivity index is 1.54. The molecule has 0 aliphatic heterocycles. The van der Waals surface area contributed by atoms with E-state index in [2.05, 4.69) is 51.3 Å². The summed E-state index contributed by atoms with van der Waals surface area (Å²) < 4.78 is 0. The molecule has 29 heavy (non-hydrogen) atoms. The molecule has 4 heteroatoms. The van der Waals surface area contributed by atoms with Crippen LogP contribution in [0.15, 0.2) is 23.6 Å². The first kappa shape index (κ1) is 20.6. The van der Waals surface area contributed by atoms with Gasteiger partial charge < -0.3 is 5.73 Å². The van der Waals surface area contributed by atoms with Gasteiger partial charge in [-0.1, -0.05) is 39.8 Å². The Bertz CT molecular complexity index is 903. The highest BCUT2D eigenvalue weighted by atomic mass is 32.1. The third kappa shape index (κ3) is 4.14. The van der Waals surface area contributed by atoms with E-state index in [0.29, 0.717) is 18.3 Å². The van der Waals surface area contributed by atoms with Crippen LogP contribution >= 0.6 is 11.3 Å². The molecule has 1 saturated carbocycles. The van der Waals surface area contributed by atoms with Crippen molar-refractivity contribution in [2.75, 3.05) is 0 Å². The summed E-state index contributed by atoms with van der Waals surface area (Å²) in [6.07, 6.45) is 7.43. The molecular formula is C25H34N2OS. The monoisotopic (exact) mass is 410 g/mol.